The topological polar surface area (TPSA) is 30.3 Å². The quantitative estimate of drug-likeness (QED) is 0.808. The molecule has 0 radical (unpaired) electrons. The Bertz CT molecular complexity index is 436. The fourth-order valence-electron chi connectivity index (χ4n) is 3.16. The Labute approximate surface area is 132 Å². The molecule has 0 spiro atoms. The van der Waals surface area contributed by atoms with E-state index in [9.17, 15) is 0 Å². The molecule has 0 amide bonds. The van der Waals surface area contributed by atoms with Crippen molar-refractivity contribution in [3.05, 3.63) is 18.0 Å². The summed E-state index contributed by atoms with van der Waals surface area (Å²) >= 11 is 2.08. The largest absolute Gasteiger partial charge is 0.377 e. The van der Waals surface area contributed by atoms with Gasteiger partial charge in [0.1, 0.15) is 0 Å². The molecule has 1 aromatic rings. The number of aromatic nitrogens is 2. The summed E-state index contributed by atoms with van der Waals surface area (Å²) in [6.45, 7) is 7.33. The van der Waals surface area contributed by atoms with Gasteiger partial charge in [-0.1, -0.05) is 0 Å². The molecule has 0 unspecified atom stereocenters. The van der Waals surface area contributed by atoms with Crippen LogP contribution in [0.2, 0.25) is 0 Å². The van der Waals surface area contributed by atoms with Crippen LogP contribution in [0.4, 0.5) is 0 Å². The SMILES string of the molecule is CC(C)n1ccc(CN(C[C@@H]2CCCO2)[C@H]2CCSC2)n1. The third-order valence-electron chi connectivity index (χ3n) is 4.44. The fraction of sp³-hybridized carbons (Fsp3) is 0.812. The lowest BCUT2D eigenvalue weighted by molar-refractivity contribution is 0.0569. The summed E-state index contributed by atoms with van der Waals surface area (Å²) in [5, 5.41) is 4.72. The highest BCUT2D eigenvalue weighted by atomic mass is 32.2. The van der Waals surface area contributed by atoms with E-state index >= 15 is 0 Å². The van der Waals surface area contributed by atoms with Gasteiger partial charge in [-0.25, -0.2) is 0 Å². The van der Waals surface area contributed by atoms with E-state index in [1.807, 2.05) is 0 Å². The third-order valence-corrected chi connectivity index (χ3v) is 5.59. The van der Waals surface area contributed by atoms with Crippen LogP contribution in [0.15, 0.2) is 12.3 Å². The van der Waals surface area contributed by atoms with Crippen molar-refractivity contribution in [3.63, 3.8) is 0 Å². The number of hydrogen-bond donors (Lipinski definition) is 0. The maximum absolute atomic E-state index is 5.85. The maximum atomic E-state index is 5.85. The molecule has 3 rings (SSSR count). The van der Waals surface area contributed by atoms with E-state index in [1.165, 1.54) is 36.5 Å². The molecule has 2 aliphatic heterocycles. The summed E-state index contributed by atoms with van der Waals surface area (Å²) in [4.78, 5) is 2.61. The van der Waals surface area contributed by atoms with Gasteiger partial charge in [-0.3, -0.25) is 9.58 Å². The Morgan fingerprint density at radius 2 is 2.38 bits per heavy atom. The summed E-state index contributed by atoms with van der Waals surface area (Å²) in [5.41, 5.74) is 1.19. The van der Waals surface area contributed by atoms with Crippen LogP contribution >= 0.6 is 11.8 Å². The molecule has 0 N–H and O–H groups in total. The molecule has 21 heavy (non-hydrogen) atoms. The Morgan fingerprint density at radius 1 is 1.48 bits per heavy atom. The summed E-state index contributed by atoms with van der Waals surface area (Å²) in [7, 11) is 0. The minimum absolute atomic E-state index is 0.433. The molecule has 2 aliphatic rings. The van der Waals surface area contributed by atoms with Crippen molar-refractivity contribution in [1.29, 1.82) is 0 Å². The average Bonchev–Trinajstić information content (AvgIpc) is 3.21. The zero-order valence-corrected chi connectivity index (χ0v) is 14.0. The van der Waals surface area contributed by atoms with Crippen molar-refractivity contribution < 1.29 is 4.74 Å². The second-order valence-corrected chi connectivity index (χ2v) is 7.61. The fourth-order valence-corrected chi connectivity index (χ4v) is 4.42. The van der Waals surface area contributed by atoms with Crippen LogP contribution in [0.3, 0.4) is 0 Å². The Balaban J connectivity index is 1.64. The van der Waals surface area contributed by atoms with E-state index in [2.05, 4.69) is 47.5 Å². The molecule has 0 aromatic carbocycles. The van der Waals surface area contributed by atoms with Crippen molar-refractivity contribution in [2.24, 2.45) is 0 Å². The first kappa shape index (κ1) is 15.4. The van der Waals surface area contributed by atoms with Gasteiger partial charge < -0.3 is 4.74 Å². The maximum Gasteiger partial charge on any atom is 0.0765 e. The van der Waals surface area contributed by atoms with Crippen molar-refractivity contribution >= 4 is 11.8 Å². The highest BCUT2D eigenvalue weighted by Gasteiger charge is 2.27. The van der Waals surface area contributed by atoms with E-state index in [1.54, 1.807) is 0 Å². The second-order valence-electron chi connectivity index (χ2n) is 6.46. The van der Waals surface area contributed by atoms with Crippen molar-refractivity contribution in [3.8, 4) is 0 Å². The first-order valence-corrected chi connectivity index (χ1v) is 9.35. The van der Waals surface area contributed by atoms with Gasteiger partial charge >= 0.3 is 0 Å². The normalized spacial score (nSPS) is 26.3. The molecule has 5 heteroatoms. The number of nitrogens with zero attached hydrogens (tertiary/aromatic N) is 3. The van der Waals surface area contributed by atoms with Crippen LogP contribution in [0, 0.1) is 0 Å². The predicted molar refractivity (Wildman–Crippen MR) is 87.7 cm³/mol. The third kappa shape index (κ3) is 4.02. The summed E-state index contributed by atoms with van der Waals surface area (Å²) in [6.07, 6.45) is 6.29. The minimum Gasteiger partial charge on any atom is -0.377 e. The lowest BCUT2D eigenvalue weighted by Gasteiger charge is -2.29. The van der Waals surface area contributed by atoms with Gasteiger partial charge in [-0.15, -0.1) is 0 Å². The van der Waals surface area contributed by atoms with Crippen LogP contribution < -0.4 is 0 Å². The van der Waals surface area contributed by atoms with Crippen LogP contribution in [-0.4, -0.2) is 51.5 Å². The van der Waals surface area contributed by atoms with Gasteiger partial charge in [-0.2, -0.15) is 16.9 Å². The molecule has 2 saturated heterocycles. The lowest BCUT2D eigenvalue weighted by Crippen LogP contribution is -2.40. The van der Waals surface area contributed by atoms with E-state index in [0.29, 0.717) is 18.2 Å². The monoisotopic (exact) mass is 309 g/mol. The smallest absolute Gasteiger partial charge is 0.0765 e. The summed E-state index contributed by atoms with van der Waals surface area (Å²) in [6, 6.07) is 3.31. The first-order chi connectivity index (χ1) is 10.2. The van der Waals surface area contributed by atoms with Crippen LogP contribution in [0.5, 0.6) is 0 Å². The number of ether oxygens (including phenoxy) is 1. The number of rotatable bonds is 6. The van der Waals surface area contributed by atoms with Gasteiger partial charge in [0.25, 0.3) is 0 Å². The number of thioether (sulfide) groups is 1. The van der Waals surface area contributed by atoms with E-state index in [4.69, 9.17) is 9.84 Å². The molecule has 1 aromatic heterocycles. The van der Waals surface area contributed by atoms with Crippen molar-refractivity contribution in [1.82, 2.24) is 14.7 Å². The lowest BCUT2D eigenvalue weighted by atomic mass is 10.1. The van der Waals surface area contributed by atoms with Crippen molar-refractivity contribution in [2.45, 2.75) is 57.8 Å². The molecule has 2 atom stereocenters. The molecular formula is C16H27N3OS. The first-order valence-electron chi connectivity index (χ1n) is 8.20. The van der Waals surface area contributed by atoms with Crippen LogP contribution in [0.1, 0.15) is 44.8 Å². The minimum atomic E-state index is 0.433. The Morgan fingerprint density at radius 3 is 3.00 bits per heavy atom. The Hall–Kier alpha value is -0.520. The summed E-state index contributed by atoms with van der Waals surface area (Å²) in [5.74, 6) is 2.56. The second kappa shape index (κ2) is 7.16. The van der Waals surface area contributed by atoms with Gasteiger partial charge in [0, 0.05) is 43.7 Å². The van der Waals surface area contributed by atoms with Gasteiger partial charge in [0.15, 0.2) is 0 Å². The molecule has 0 bridgehead atoms. The van der Waals surface area contributed by atoms with Gasteiger partial charge in [0.05, 0.1) is 11.8 Å². The van der Waals surface area contributed by atoms with E-state index in [-0.39, 0.29) is 0 Å². The number of hydrogen-bond acceptors (Lipinski definition) is 4. The Kier molecular flexibility index (Phi) is 5.24. The van der Waals surface area contributed by atoms with E-state index < -0.39 is 0 Å². The highest BCUT2D eigenvalue weighted by Crippen LogP contribution is 2.25. The van der Waals surface area contributed by atoms with Gasteiger partial charge in [0.2, 0.25) is 0 Å². The van der Waals surface area contributed by atoms with E-state index in [0.717, 1.165) is 19.7 Å². The predicted octanol–water partition coefficient (Wildman–Crippen LogP) is 2.95. The van der Waals surface area contributed by atoms with Crippen molar-refractivity contribution in [2.75, 3.05) is 24.7 Å². The molecule has 2 fully saturated rings. The molecule has 3 heterocycles. The average molecular weight is 309 g/mol. The zero-order chi connectivity index (χ0) is 14.7. The molecular weight excluding hydrogens is 282 g/mol. The molecule has 4 nitrogen and oxygen atoms in total. The molecule has 0 aliphatic carbocycles. The van der Waals surface area contributed by atoms with Crippen LogP contribution in [0.25, 0.3) is 0 Å². The zero-order valence-electron chi connectivity index (χ0n) is 13.2. The van der Waals surface area contributed by atoms with Gasteiger partial charge in [-0.05, 0) is 44.9 Å². The highest BCUT2D eigenvalue weighted by molar-refractivity contribution is 7.99. The molecule has 0 saturated carbocycles. The molecule has 118 valence electrons. The van der Waals surface area contributed by atoms with Crippen LogP contribution in [-0.2, 0) is 11.3 Å². The standard InChI is InChI=1S/C16H27N3OS/c1-13(2)19-7-5-14(17-19)10-18(15-6-9-21-12-15)11-16-4-3-8-20-16/h5,7,13,15-16H,3-4,6,8-12H2,1-2H3/t15-,16-/m0/s1. The summed E-state index contributed by atoms with van der Waals surface area (Å²) < 4.78 is 7.91.